The number of hydrogen-bond acceptors (Lipinski definition) is 3. The molecule has 0 heterocycles. The Bertz CT molecular complexity index is 210. The Balaban J connectivity index is 4.22. The smallest absolute Gasteiger partial charge is 0.337 e. The van der Waals surface area contributed by atoms with Gasteiger partial charge in [-0.25, -0.2) is 0 Å². The van der Waals surface area contributed by atoms with Gasteiger partial charge in [-0.1, -0.05) is 26.3 Å². The van der Waals surface area contributed by atoms with Crippen LogP contribution >= 0.6 is 0 Å². The number of ketones is 1. The summed E-state index contributed by atoms with van der Waals surface area (Å²) in [5.41, 5.74) is 0. The SMILES string of the molecule is CC=CC(=O)CO[Si](CC)(CCC)OC. The Morgan fingerprint density at radius 2 is 2.07 bits per heavy atom. The Morgan fingerprint density at radius 3 is 2.47 bits per heavy atom. The van der Waals surface area contributed by atoms with Gasteiger partial charge in [0.25, 0.3) is 0 Å². The van der Waals surface area contributed by atoms with Crippen LogP contribution < -0.4 is 0 Å². The lowest BCUT2D eigenvalue weighted by atomic mass is 10.4. The Hall–Kier alpha value is -0.453. The second-order valence-corrected chi connectivity index (χ2v) is 7.20. The molecular weight excluding hydrogens is 208 g/mol. The van der Waals surface area contributed by atoms with E-state index in [1.165, 1.54) is 6.08 Å². The van der Waals surface area contributed by atoms with Gasteiger partial charge in [-0.15, -0.1) is 0 Å². The monoisotopic (exact) mass is 230 g/mol. The maximum Gasteiger partial charge on any atom is 0.337 e. The highest BCUT2D eigenvalue weighted by Gasteiger charge is 2.33. The van der Waals surface area contributed by atoms with Crippen LogP contribution in [0.5, 0.6) is 0 Å². The van der Waals surface area contributed by atoms with E-state index in [2.05, 4.69) is 13.8 Å². The predicted molar refractivity (Wildman–Crippen MR) is 64.1 cm³/mol. The molecule has 0 saturated heterocycles. The van der Waals surface area contributed by atoms with Crippen molar-refractivity contribution in [1.29, 1.82) is 0 Å². The number of hydrogen-bond donors (Lipinski definition) is 0. The van der Waals surface area contributed by atoms with Gasteiger partial charge in [0, 0.05) is 7.11 Å². The maximum absolute atomic E-state index is 11.3. The highest BCUT2D eigenvalue weighted by Crippen LogP contribution is 2.19. The van der Waals surface area contributed by atoms with Crippen molar-refractivity contribution in [3.05, 3.63) is 12.2 Å². The molecule has 1 atom stereocenters. The summed E-state index contributed by atoms with van der Waals surface area (Å²) in [6, 6.07) is 1.84. The molecule has 0 aliphatic carbocycles. The van der Waals surface area contributed by atoms with Crippen molar-refractivity contribution in [2.75, 3.05) is 13.7 Å². The standard InChI is InChI=1S/C11H22O3Si/c1-5-8-11(12)10-14-15(7-3,13-4)9-6-2/h5,8H,6-7,9-10H2,1-4H3. The molecule has 0 N–H and O–H groups in total. The first-order chi connectivity index (χ1) is 7.14. The van der Waals surface area contributed by atoms with E-state index in [0.29, 0.717) is 0 Å². The van der Waals surface area contributed by atoms with Gasteiger partial charge in [0.05, 0.1) is 6.61 Å². The first-order valence-electron chi connectivity index (χ1n) is 5.48. The molecule has 0 aromatic heterocycles. The molecule has 0 aromatic rings. The summed E-state index contributed by atoms with van der Waals surface area (Å²) in [5.74, 6) is 0.0102. The molecule has 0 aromatic carbocycles. The molecule has 3 nitrogen and oxygen atoms in total. The second-order valence-electron chi connectivity index (χ2n) is 3.47. The molecule has 0 rings (SSSR count). The van der Waals surface area contributed by atoms with Gasteiger partial charge in [0.2, 0.25) is 0 Å². The molecule has 0 aliphatic heterocycles. The van der Waals surface area contributed by atoms with Gasteiger partial charge >= 0.3 is 8.56 Å². The fraction of sp³-hybridized carbons (Fsp3) is 0.727. The summed E-state index contributed by atoms with van der Waals surface area (Å²) in [4.78, 5) is 11.3. The van der Waals surface area contributed by atoms with Crippen LogP contribution in [0.4, 0.5) is 0 Å². The number of rotatable bonds is 8. The molecule has 15 heavy (non-hydrogen) atoms. The normalized spacial score (nSPS) is 15.5. The molecule has 4 heteroatoms. The van der Waals surface area contributed by atoms with Crippen molar-refractivity contribution >= 4 is 14.3 Å². The number of carbonyl (C=O) groups excluding carboxylic acids is 1. The zero-order valence-electron chi connectivity index (χ0n) is 10.2. The van der Waals surface area contributed by atoms with Crippen molar-refractivity contribution in [3.8, 4) is 0 Å². The Kier molecular flexibility index (Phi) is 7.55. The summed E-state index contributed by atoms with van der Waals surface area (Å²) in [6.07, 6.45) is 4.30. The zero-order chi connectivity index (χ0) is 11.7. The van der Waals surface area contributed by atoms with Crippen LogP contribution in [-0.2, 0) is 13.6 Å². The molecule has 0 amide bonds. The molecular formula is C11H22O3Si. The molecule has 0 bridgehead atoms. The lowest BCUT2D eigenvalue weighted by Gasteiger charge is -2.27. The largest absolute Gasteiger partial charge is 0.398 e. The third kappa shape index (κ3) is 5.25. The van der Waals surface area contributed by atoms with E-state index in [1.807, 2.05) is 6.92 Å². The second kappa shape index (κ2) is 7.79. The number of allylic oxidation sites excluding steroid dienone is 1. The van der Waals surface area contributed by atoms with E-state index < -0.39 is 8.56 Å². The Labute approximate surface area is 93.7 Å². The highest BCUT2D eigenvalue weighted by molar-refractivity contribution is 6.67. The minimum atomic E-state index is -2.09. The fourth-order valence-corrected chi connectivity index (χ4v) is 3.95. The maximum atomic E-state index is 11.3. The van der Waals surface area contributed by atoms with E-state index in [-0.39, 0.29) is 12.4 Å². The molecule has 0 aliphatic rings. The first-order valence-corrected chi connectivity index (χ1v) is 7.71. The summed E-state index contributed by atoms with van der Waals surface area (Å²) in [5, 5.41) is 0. The minimum absolute atomic E-state index is 0.0102. The van der Waals surface area contributed by atoms with Crippen molar-refractivity contribution in [3.63, 3.8) is 0 Å². The highest BCUT2D eigenvalue weighted by atomic mass is 28.4. The topological polar surface area (TPSA) is 35.5 Å². The van der Waals surface area contributed by atoms with E-state index in [0.717, 1.165) is 18.5 Å². The van der Waals surface area contributed by atoms with E-state index in [1.54, 1.807) is 13.2 Å². The molecule has 0 fully saturated rings. The average Bonchev–Trinajstić information content (AvgIpc) is 2.25. The molecule has 0 saturated carbocycles. The summed E-state index contributed by atoms with van der Waals surface area (Å²) >= 11 is 0. The van der Waals surface area contributed by atoms with Crippen LogP contribution in [0.1, 0.15) is 27.2 Å². The molecule has 1 unspecified atom stereocenters. The molecule has 0 spiro atoms. The van der Waals surface area contributed by atoms with Crippen molar-refractivity contribution in [2.24, 2.45) is 0 Å². The van der Waals surface area contributed by atoms with Gasteiger partial charge < -0.3 is 8.85 Å². The van der Waals surface area contributed by atoms with Crippen LogP contribution in [0, 0.1) is 0 Å². The third-order valence-corrected chi connectivity index (χ3v) is 6.13. The molecule has 0 radical (unpaired) electrons. The van der Waals surface area contributed by atoms with Crippen molar-refractivity contribution in [1.82, 2.24) is 0 Å². The third-order valence-electron chi connectivity index (χ3n) is 2.37. The van der Waals surface area contributed by atoms with Crippen LogP contribution in [-0.4, -0.2) is 28.1 Å². The summed E-state index contributed by atoms with van der Waals surface area (Å²) < 4.78 is 11.2. The van der Waals surface area contributed by atoms with E-state index in [9.17, 15) is 4.79 Å². The van der Waals surface area contributed by atoms with Gasteiger partial charge in [-0.05, 0) is 25.1 Å². The predicted octanol–water partition coefficient (Wildman–Crippen LogP) is 2.67. The van der Waals surface area contributed by atoms with Crippen LogP contribution in [0.3, 0.4) is 0 Å². The minimum Gasteiger partial charge on any atom is -0.398 e. The van der Waals surface area contributed by atoms with Crippen molar-refractivity contribution in [2.45, 2.75) is 39.3 Å². The number of carbonyl (C=O) groups is 1. The van der Waals surface area contributed by atoms with Crippen LogP contribution in [0.15, 0.2) is 12.2 Å². The zero-order valence-corrected chi connectivity index (χ0v) is 11.2. The first kappa shape index (κ1) is 14.5. The summed E-state index contributed by atoms with van der Waals surface area (Å²) in [6.45, 7) is 6.14. The van der Waals surface area contributed by atoms with Gasteiger partial charge in [-0.2, -0.15) is 0 Å². The lowest BCUT2D eigenvalue weighted by Crippen LogP contribution is -2.41. The fourth-order valence-electron chi connectivity index (χ4n) is 1.47. The Morgan fingerprint density at radius 1 is 1.40 bits per heavy atom. The summed E-state index contributed by atoms with van der Waals surface area (Å²) in [7, 11) is -0.404. The van der Waals surface area contributed by atoms with Gasteiger partial charge in [0.15, 0.2) is 5.78 Å². The van der Waals surface area contributed by atoms with E-state index in [4.69, 9.17) is 8.85 Å². The quantitative estimate of drug-likeness (QED) is 0.475. The van der Waals surface area contributed by atoms with Gasteiger partial charge in [0.1, 0.15) is 0 Å². The van der Waals surface area contributed by atoms with Crippen LogP contribution in [0.2, 0.25) is 12.1 Å². The average molecular weight is 230 g/mol. The van der Waals surface area contributed by atoms with Crippen molar-refractivity contribution < 1.29 is 13.6 Å². The van der Waals surface area contributed by atoms with E-state index >= 15 is 0 Å². The van der Waals surface area contributed by atoms with Gasteiger partial charge in [-0.3, -0.25) is 4.79 Å². The lowest BCUT2D eigenvalue weighted by molar-refractivity contribution is -0.117. The van der Waals surface area contributed by atoms with Crippen LogP contribution in [0.25, 0.3) is 0 Å². The molecule has 88 valence electrons.